The van der Waals surface area contributed by atoms with Gasteiger partial charge in [0.25, 0.3) is 0 Å². The van der Waals surface area contributed by atoms with Crippen LogP contribution in [-0.4, -0.2) is 258 Å². The molecule has 28 heteroatoms. The van der Waals surface area contributed by atoms with Crippen molar-refractivity contribution in [3.8, 4) is 0 Å². The van der Waals surface area contributed by atoms with E-state index in [1.165, 1.54) is 6.92 Å². The molecular formula is C41H75N7O21. The zero-order valence-corrected chi connectivity index (χ0v) is 39.8. The molecule has 0 aromatic heterocycles. The Hall–Kier alpha value is -4.56. The van der Waals surface area contributed by atoms with E-state index in [2.05, 4.69) is 31.9 Å². The van der Waals surface area contributed by atoms with Crippen molar-refractivity contribution in [2.24, 2.45) is 5.73 Å². The first-order valence-electron chi connectivity index (χ1n) is 22.4. The molecule has 0 aliphatic heterocycles. The minimum atomic E-state index is -0.654. The van der Waals surface area contributed by atoms with Crippen LogP contribution in [-0.2, 0) is 99.9 Å². The second-order valence-corrected chi connectivity index (χ2v) is 13.8. The van der Waals surface area contributed by atoms with Gasteiger partial charge in [-0.1, -0.05) is 0 Å². The van der Waals surface area contributed by atoms with Crippen LogP contribution in [0.15, 0.2) is 0 Å². The number of rotatable bonds is 52. The van der Waals surface area contributed by atoms with E-state index < -0.39 is 29.5 Å². The third-order valence-electron chi connectivity index (χ3n) is 7.59. The monoisotopic (exact) mass is 1000 g/mol. The number of hydrogen-bond acceptors (Lipinski definition) is 21. The Kier molecular flexibility index (Phi) is 46.6. The second-order valence-electron chi connectivity index (χ2n) is 13.8. The highest BCUT2D eigenvalue weighted by atomic mass is 16.6. The van der Waals surface area contributed by atoms with Gasteiger partial charge in [0.2, 0.25) is 41.4 Å². The fourth-order valence-corrected chi connectivity index (χ4v) is 4.51. The van der Waals surface area contributed by atoms with Gasteiger partial charge in [0, 0.05) is 39.3 Å². The van der Waals surface area contributed by atoms with Gasteiger partial charge in [0.15, 0.2) is 5.78 Å². The number of nitrogens with one attached hydrogen (secondary N) is 6. The molecule has 0 saturated carbocycles. The highest BCUT2D eigenvalue weighted by Crippen LogP contribution is 1.87. The highest BCUT2D eigenvalue weighted by Gasteiger charge is 2.08. The number of hydrogen-bond donors (Lipinski definition) is 7. The fourth-order valence-electron chi connectivity index (χ4n) is 4.51. The smallest absolute Gasteiger partial charge is 0.246 e. The average Bonchev–Trinajstić information content (AvgIpc) is 3.30. The SMILES string of the molecule is CC(=O)COCC(=O)NCCOCCOCCOCCNC(=O)COCC(=O)NCCOCCOCCOCCNC(=O)COCC(=O)NCCOCCOCCOCCNC(=O)COCC(N)=O. The maximum Gasteiger partial charge on any atom is 0.246 e. The molecule has 28 nitrogen and oxygen atoms in total. The highest BCUT2D eigenvalue weighted by molar-refractivity contribution is 5.81. The standard InChI is InChI=1S/C41H75N7O21/c1-34(49)26-66-28-36(51)43-2-8-57-14-20-63-22-16-59-10-4-45-38(53)30-68-32-40(55)47-6-12-61-18-24-65-25-19-62-13-7-48-41(56)33-69-31-39(54)46-5-11-60-17-23-64-21-15-58-9-3-44-37(52)29-67-27-35(42)50/h2-33H2,1H3,(H2,42,50)(H,43,51)(H,44,52)(H,45,53)(H,46,54)(H,47,55)(H,48,56). The lowest BCUT2D eigenvalue weighted by molar-refractivity contribution is -0.132. The summed E-state index contributed by atoms with van der Waals surface area (Å²) in [5, 5.41) is 15.6. The summed E-state index contributed by atoms with van der Waals surface area (Å²) >= 11 is 0. The lowest BCUT2D eigenvalue weighted by Crippen LogP contribution is -2.34. The van der Waals surface area contributed by atoms with Crippen LogP contribution < -0.4 is 37.6 Å². The third-order valence-corrected chi connectivity index (χ3v) is 7.59. The molecule has 0 spiro atoms. The summed E-state index contributed by atoms with van der Waals surface area (Å²) in [6, 6.07) is 0. The maximum absolute atomic E-state index is 11.9. The summed E-state index contributed by atoms with van der Waals surface area (Å²) in [7, 11) is 0. The molecule has 0 unspecified atom stereocenters. The topological polar surface area (TPSA) is 355 Å². The van der Waals surface area contributed by atoms with E-state index in [-0.39, 0.29) is 136 Å². The molecule has 0 saturated heterocycles. The number of ether oxygens (including phenoxy) is 13. The zero-order valence-electron chi connectivity index (χ0n) is 39.8. The van der Waals surface area contributed by atoms with Gasteiger partial charge in [-0.3, -0.25) is 38.4 Å². The molecule has 0 atom stereocenters. The minimum Gasteiger partial charge on any atom is -0.377 e. The number of nitrogens with two attached hydrogens (primary N) is 1. The summed E-state index contributed by atoms with van der Waals surface area (Å²) in [5.41, 5.74) is 4.91. The van der Waals surface area contributed by atoms with E-state index in [4.69, 9.17) is 67.3 Å². The molecule has 8 N–H and O–H groups in total. The summed E-state index contributed by atoms with van der Waals surface area (Å²) in [5.74, 6) is -3.10. The first kappa shape index (κ1) is 64.4. The van der Waals surface area contributed by atoms with Crippen LogP contribution in [0.2, 0.25) is 0 Å². The van der Waals surface area contributed by atoms with Crippen LogP contribution in [0.3, 0.4) is 0 Å². The van der Waals surface area contributed by atoms with E-state index in [1.807, 2.05) is 0 Å². The molecule has 400 valence electrons. The summed E-state index contributed by atoms with van der Waals surface area (Å²) in [6.45, 7) is 6.42. The second kappa shape index (κ2) is 49.8. The van der Waals surface area contributed by atoms with E-state index in [9.17, 15) is 38.4 Å². The molecule has 0 rings (SSSR count). The van der Waals surface area contributed by atoms with Crippen LogP contribution in [0, 0.1) is 0 Å². The van der Waals surface area contributed by atoms with Crippen LogP contribution >= 0.6 is 0 Å². The molecule has 0 aromatic rings. The average molecular weight is 1000 g/mol. The largest absolute Gasteiger partial charge is 0.377 e. The number of ketones is 1. The normalized spacial score (nSPS) is 10.9. The van der Waals surface area contributed by atoms with Gasteiger partial charge in [-0.25, -0.2) is 0 Å². The van der Waals surface area contributed by atoms with Gasteiger partial charge in [0.05, 0.1) is 119 Å². The van der Waals surface area contributed by atoms with Crippen molar-refractivity contribution in [2.75, 3.05) is 211 Å². The first-order valence-corrected chi connectivity index (χ1v) is 22.4. The molecule has 0 aliphatic rings. The lowest BCUT2D eigenvalue weighted by Gasteiger charge is -2.09. The van der Waals surface area contributed by atoms with Crippen LogP contribution in [0.25, 0.3) is 0 Å². The molecular weight excluding hydrogens is 926 g/mol. The zero-order chi connectivity index (χ0) is 50.7. The van der Waals surface area contributed by atoms with Gasteiger partial charge in [0.1, 0.15) is 52.9 Å². The molecule has 0 aromatic carbocycles. The summed E-state index contributed by atoms with van der Waals surface area (Å²) in [6.07, 6.45) is 0. The number of amides is 7. The lowest BCUT2D eigenvalue weighted by atomic mass is 10.5. The van der Waals surface area contributed by atoms with Crippen molar-refractivity contribution in [1.82, 2.24) is 31.9 Å². The number of carbonyl (C=O) groups excluding carboxylic acids is 8. The van der Waals surface area contributed by atoms with Crippen molar-refractivity contribution in [3.05, 3.63) is 0 Å². The Bertz CT molecular complexity index is 1270. The van der Waals surface area contributed by atoms with E-state index >= 15 is 0 Å². The quantitative estimate of drug-likeness (QED) is 0.0279. The van der Waals surface area contributed by atoms with E-state index in [0.717, 1.165) is 0 Å². The molecule has 7 amide bonds. The molecule has 0 fully saturated rings. The van der Waals surface area contributed by atoms with Crippen LogP contribution in [0.1, 0.15) is 6.92 Å². The van der Waals surface area contributed by atoms with Crippen molar-refractivity contribution in [1.29, 1.82) is 0 Å². The minimum absolute atomic E-state index is 0.0991. The molecule has 0 radical (unpaired) electrons. The van der Waals surface area contributed by atoms with Crippen LogP contribution in [0.4, 0.5) is 0 Å². The fraction of sp³-hybridized carbons (Fsp3) is 0.805. The Morgan fingerprint density at radius 2 is 0.435 bits per heavy atom. The predicted molar refractivity (Wildman–Crippen MR) is 239 cm³/mol. The number of carbonyl (C=O) groups is 8. The third kappa shape index (κ3) is 52.7. The van der Waals surface area contributed by atoms with E-state index in [1.54, 1.807) is 0 Å². The first-order chi connectivity index (χ1) is 33.5. The van der Waals surface area contributed by atoms with Gasteiger partial charge in [-0.05, 0) is 6.92 Å². The Morgan fingerprint density at radius 1 is 0.261 bits per heavy atom. The van der Waals surface area contributed by atoms with Crippen LogP contribution in [0.5, 0.6) is 0 Å². The van der Waals surface area contributed by atoms with Crippen molar-refractivity contribution in [3.63, 3.8) is 0 Å². The Balaban J connectivity index is 3.39. The van der Waals surface area contributed by atoms with Gasteiger partial charge in [-0.2, -0.15) is 0 Å². The molecule has 0 bridgehead atoms. The number of primary amides is 1. The predicted octanol–water partition coefficient (Wildman–Crippen LogP) is -6.03. The Labute approximate surface area is 402 Å². The molecule has 69 heavy (non-hydrogen) atoms. The van der Waals surface area contributed by atoms with Gasteiger partial charge in [-0.15, -0.1) is 0 Å². The molecule has 0 aliphatic carbocycles. The van der Waals surface area contributed by atoms with Crippen molar-refractivity contribution >= 4 is 47.1 Å². The van der Waals surface area contributed by atoms with Gasteiger partial charge >= 0.3 is 0 Å². The molecule has 0 heterocycles. The summed E-state index contributed by atoms with van der Waals surface area (Å²) in [4.78, 5) is 91.7. The maximum atomic E-state index is 11.9. The Morgan fingerprint density at radius 3 is 0.623 bits per heavy atom. The number of Topliss-reactive ketones (excluding diaryl/α,β-unsaturated/α-hetero) is 1. The van der Waals surface area contributed by atoms with Crippen molar-refractivity contribution in [2.45, 2.75) is 6.92 Å². The van der Waals surface area contributed by atoms with Crippen molar-refractivity contribution < 1.29 is 99.9 Å². The summed E-state index contributed by atoms with van der Waals surface area (Å²) < 4.78 is 68.3. The van der Waals surface area contributed by atoms with E-state index in [0.29, 0.717) is 92.4 Å². The van der Waals surface area contributed by atoms with Gasteiger partial charge < -0.3 is 99.2 Å².